The van der Waals surface area contributed by atoms with Gasteiger partial charge in [-0.1, -0.05) is 6.92 Å². The number of anilines is 2. The van der Waals surface area contributed by atoms with Crippen LogP contribution in [-0.2, 0) is 9.53 Å². The number of amides is 1. The number of rotatable bonds is 5. The van der Waals surface area contributed by atoms with Crippen molar-refractivity contribution in [2.75, 3.05) is 49.2 Å². The van der Waals surface area contributed by atoms with E-state index < -0.39 is 0 Å². The summed E-state index contributed by atoms with van der Waals surface area (Å²) in [5, 5.41) is 3.10. The van der Waals surface area contributed by atoms with E-state index in [1.165, 1.54) is 0 Å². The largest absolute Gasteiger partial charge is 0.378 e. The predicted molar refractivity (Wildman–Crippen MR) is 97.9 cm³/mol. The maximum atomic E-state index is 12.3. The van der Waals surface area contributed by atoms with Gasteiger partial charge in [0.2, 0.25) is 11.9 Å². The number of hydrogen-bond donors (Lipinski definition) is 1. The van der Waals surface area contributed by atoms with E-state index in [2.05, 4.69) is 38.9 Å². The third-order valence-electron chi connectivity index (χ3n) is 5.15. The molecule has 0 saturated carbocycles. The van der Waals surface area contributed by atoms with Crippen molar-refractivity contribution in [1.82, 2.24) is 15.3 Å². The monoisotopic (exact) mass is 347 g/mol. The lowest BCUT2D eigenvalue weighted by molar-refractivity contribution is -0.126. The zero-order chi connectivity index (χ0) is 17.6. The molecule has 0 spiro atoms. The molecule has 2 aliphatic heterocycles. The lowest BCUT2D eigenvalue weighted by atomic mass is 9.95. The molecule has 2 fully saturated rings. The van der Waals surface area contributed by atoms with Gasteiger partial charge < -0.3 is 19.9 Å². The van der Waals surface area contributed by atoms with Crippen molar-refractivity contribution in [2.45, 2.75) is 39.2 Å². The normalized spacial score (nSPS) is 20.4. The Morgan fingerprint density at radius 3 is 2.44 bits per heavy atom. The molecule has 1 unspecified atom stereocenters. The quantitative estimate of drug-likeness (QED) is 0.869. The second kappa shape index (κ2) is 8.47. The first-order valence-corrected chi connectivity index (χ1v) is 9.37. The van der Waals surface area contributed by atoms with E-state index in [0.29, 0.717) is 0 Å². The van der Waals surface area contributed by atoms with Crippen molar-refractivity contribution in [3.63, 3.8) is 0 Å². The van der Waals surface area contributed by atoms with Gasteiger partial charge in [-0.05, 0) is 26.2 Å². The van der Waals surface area contributed by atoms with Crippen LogP contribution in [0.4, 0.5) is 11.6 Å². The molecule has 1 amide bonds. The van der Waals surface area contributed by atoms with Crippen molar-refractivity contribution in [3.05, 3.63) is 12.4 Å². The van der Waals surface area contributed by atoms with Crippen molar-refractivity contribution in [3.8, 4) is 0 Å². The lowest BCUT2D eigenvalue weighted by Crippen LogP contribution is -2.43. The summed E-state index contributed by atoms with van der Waals surface area (Å²) in [5.41, 5.74) is 1.04. The molecule has 138 valence electrons. The molecule has 3 heterocycles. The summed E-state index contributed by atoms with van der Waals surface area (Å²) < 4.78 is 5.36. The van der Waals surface area contributed by atoms with Crippen LogP contribution in [0.15, 0.2) is 12.4 Å². The van der Waals surface area contributed by atoms with Crippen LogP contribution in [0, 0.1) is 5.92 Å². The maximum Gasteiger partial charge on any atom is 0.225 e. The van der Waals surface area contributed by atoms with Crippen LogP contribution < -0.4 is 15.1 Å². The van der Waals surface area contributed by atoms with Crippen LogP contribution in [-0.4, -0.2) is 61.3 Å². The van der Waals surface area contributed by atoms with Gasteiger partial charge in [0.25, 0.3) is 0 Å². The van der Waals surface area contributed by atoms with Gasteiger partial charge in [-0.25, -0.2) is 9.97 Å². The van der Waals surface area contributed by atoms with Gasteiger partial charge in [0.1, 0.15) is 0 Å². The molecule has 2 aliphatic rings. The fraction of sp³-hybridized carbons (Fsp3) is 0.722. The van der Waals surface area contributed by atoms with E-state index in [0.717, 1.165) is 70.3 Å². The number of nitrogens with one attached hydrogen (secondary N) is 1. The van der Waals surface area contributed by atoms with Crippen LogP contribution in [0.5, 0.6) is 0 Å². The minimum atomic E-state index is 0.124. The highest BCUT2D eigenvalue weighted by molar-refractivity contribution is 5.79. The molecule has 0 radical (unpaired) electrons. The van der Waals surface area contributed by atoms with E-state index in [4.69, 9.17) is 4.74 Å². The van der Waals surface area contributed by atoms with Gasteiger partial charge in [-0.3, -0.25) is 4.79 Å². The summed E-state index contributed by atoms with van der Waals surface area (Å²) in [6.07, 6.45) is 6.53. The molecule has 1 N–H and O–H groups in total. The summed E-state index contributed by atoms with van der Waals surface area (Å²) in [5.74, 6) is 1.10. The Bertz CT molecular complexity index is 551. The minimum absolute atomic E-state index is 0.124. The highest BCUT2D eigenvalue weighted by atomic mass is 16.5. The average Bonchev–Trinajstić information content (AvgIpc) is 2.69. The second-order valence-electron chi connectivity index (χ2n) is 6.92. The lowest BCUT2D eigenvalue weighted by Gasteiger charge is -2.33. The maximum absolute atomic E-state index is 12.3. The molecule has 0 bridgehead atoms. The van der Waals surface area contributed by atoms with Crippen LogP contribution in [0.1, 0.15) is 33.1 Å². The summed E-state index contributed by atoms with van der Waals surface area (Å²) >= 11 is 0. The molecule has 1 aromatic heterocycles. The number of carbonyl (C=O) groups excluding carboxylic acids is 1. The van der Waals surface area contributed by atoms with Crippen molar-refractivity contribution in [2.24, 2.45) is 5.92 Å². The Morgan fingerprint density at radius 2 is 1.84 bits per heavy atom. The zero-order valence-corrected chi connectivity index (χ0v) is 15.3. The Hall–Kier alpha value is -1.89. The fourth-order valence-corrected chi connectivity index (χ4v) is 3.27. The molecular formula is C18H29N5O2. The van der Waals surface area contributed by atoms with Crippen molar-refractivity contribution in [1.29, 1.82) is 0 Å². The number of hydrogen-bond acceptors (Lipinski definition) is 6. The highest BCUT2D eigenvalue weighted by Crippen LogP contribution is 2.23. The van der Waals surface area contributed by atoms with E-state index in [1.807, 2.05) is 12.4 Å². The first-order valence-electron chi connectivity index (χ1n) is 9.37. The first-order chi connectivity index (χ1) is 12.2. The molecule has 1 atom stereocenters. The van der Waals surface area contributed by atoms with Crippen LogP contribution in [0.2, 0.25) is 0 Å². The first kappa shape index (κ1) is 17.9. The predicted octanol–water partition coefficient (Wildman–Crippen LogP) is 1.44. The van der Waals surface area contributed by atoms with Crippen molar-refractivity contribution >= 4 is 17.5 Å². The van der Waals surface area contributed by atoms with Gasteiger partial charge in [-0.2, -0.15) is 0 Å². The fourth-order valence-electron chi connectivity index (χ4n) is 3.27. The zero-order valence-electron chi connectivity index (χ0n) is 15.3. The highest BCUT2D eigenvalue weighted by Gasteiger charge is 2.26. The summed E-state index contributed by atoms with van der Waals surface area (Å²) in [6, 6.07) is 0.256. The number of aromatic nitrogens is 2. The van der Waals surface area contributed by atoms with E-state index in [9.17, 15) is 4.79 Å². The average molecular weight is 347 g/mol. The van der Waals surface area contributed by atoms with Gasteiger partial charge in [0.15, 0.2) is 0 Å². The van der Waals surface area contributed by atoms with Gasteiger partial charge in [-0.15, -0.1) is 0 Å². The standard InChI is InChI=1S/C18H29N5O2/c1-3-14(2)21-17(24)15-4-6-22(7-5-15)16-12-19-18(20-13-16)23-8-10-25-11-9-23/h12-15H,3-11H2,1-2H3,(H,21,24). The van der Waals surface area contributed by atoms with E-state index in [-0.39, 0.29) is 17.9 Å². The van der Waals surface area contributed by atoms with Crippen LogP contribution >= 0.6 is 0 Å². The molecule has 3 rings (SSSR count). The van der Waals surface area contributed by atoms with E-state index in [1.54, 1.807) is 0 Å². The number of carbonyl (C=O) groups is 1. The second-order valence-corrected chi connectivity index (χ2v) is 6.92. The SMILES string of the molecule is CCC(C)NC(=O)C1CCN(c2cnc(N3CCOCC3)nc2)CC1. The molecule has 25 heavy (non-hydrogen) atoms. The summed E-state index contributed by atoms with van der Waals surface area (Å²) in [4.78, 5) is 25.7. The van der Waals surface area contributed by atoms with Crippen LogP contribution in [0.25, 0.3) is 0 Å². The smallest absolute Gasteiger partial charge is 0.225 e. The third-order valence-corrected chi connectivity index (χ3v) is 5.15. The molecular weight excluding hydrogens is 318 g/mol. The van der Waals surface area contributed by atoms with Crippen LogP contribution in [0.3, 0.4) is 0 Å². The minimum Gasteiger partial charge on any atom is -0.378 e. The molecule has 2 saturated heterocycles. The molecule has 7 nitrogen and oxygen atoms in total. The Balaban J connectivity index is 1.51. The Kier molecular flexibility index (Phi) is 6.07. The van der Waals surface area contributed by atoms with Crippen molar-refractivity contribution < 1.29 is 9.53 Å². The summed E-state index contributed by atoms with van der Waals surface area (Å²) in [7, 11) is 0. The van der Waals surface area contributed by atoms with Gasteiger partial charge >= 0.3 is 0 Å². The Morgan fingerprint density at radius 1 is 1.20 bits per heavy atom. The number of nitrogens with zero attached hydrogens (tertiary/aromatic N) is 4. The number of piperidine rings is 1. The molecule has 0 aliphatic carbocycles. The molecule has 1 aromatic rings. The molecule has 0 aromatic carbocycles. The topological polar surface area (TPSA) is 70.6 Å². The third kappa shape index (κ3) is 4.60. The molecule has 7 heteroatoms. The Labute approximate surface area is 149 Å². The van der Waals surface area contributed by atoms with Gasteiger partial charge in [0.05, 0.1) is 31.3 Å². The number of morpholine rings is 1. The van der Waals surface area contributed by atoms with Gasteiger partial charge in [0, 0.05) is 38.1 Å². The number of ether oxygens (including phenoxy) is 1. The van der Waals surface area contributed by atoms with E-state index >= 15 is 0 Å². The summed E-state index contributed by atoms with van der Waals surface area (Å²) in [6.45, 7) is 9.05.